The summed E-state index contributed by atoms with van der Waals surface area (Å²) in [4.78, 5) is 10.4. The maximum absolute atomic E-state index is 10.4. The molecule has 0 aromatic heterocycles. The van der Waals surface area contributed by atoms with Gasteiger partial charge >= 0.3 is 0 Å². The van der Waals surface area contributed by atoms with Crippen molar-refractivity contribution in [1.29, 1.82) is 0 Å². The maximum atomic E-state index is 10.4. The summed E-state index contributed by atoms with van der Waals surface area (Å²) in [5.41, 5.74) is 0. The largest absolute Gasteiger partial charge is 0.412 e. The van der Waals surface area contributed by atoms with Crippen LogP contribution >= 0.6 is 0 Å². The molecule has 0 saturated carbocycles. The average molecular weight is 148 g/mol. The van der Waals surface area contributed by atoms with Gasteiger partial charge in [-0.1, -0.05) is 13.3 Å². The Hall–Kier alpha value is -0.410. The van der Waals surface area contributed by atoms with Crippen molar-refractivity contribution in [3.05, 3.63) is 0 Å². The lowest BCUT2D eigenvalue weighted by Gasteiger charge is -2.04. The van der Waals surface area contributed by atoms with Crippen LogP contribution in [0.15, 0.2) is 0 Å². The summed E-state index contributed by atoms with van der Waals surface area (Å²) in [5, 5.41) is 9.00. The average Bonchev–Trinajstić information content (AvgIpc) is 1.63. The first kappa shape index (κ1) is 12.3. The fourth-order valence-electron chi connectivity index (χ4n) is 0.767. The van der Waals surface area contributed by atoms with Crippen molar-refractivity contribution in [3.63, 3.8) is 0 Å². The topological polar surface area (TPSA) is 68.8 Å². The first-order valence-electron chi connectivity index (χ1n) is 3.34. The van der Waals surface area contributed by atoms with E-state index in [0.717, 1.165) is 12.8 Å². The standard InChI is InChI=1S/C7H14O2.H2O/c1-3-4-7(9)5-6(2)8;/h7,9H,3-5H2,1-2H3;1H2. The van der Waals surface area contributed by atoms with E-state index >= 15 is 0 Å². The van der Waals surface area contributed by atoms with Crippen LogP contribution in [-0.2, 0) is 4.79 Å². The van der Waals surface area contributed by atoms with E-state index in [1.54, 1.807) is 0 Å². The van der Waals surface area contributed by atoms with Crippen LogP contribution in [0.1, 0.15) is 33.1 Å². The third kappa shape index (κ3) is 7.59. The van der Waals surface area contributed by atoms with Crippen LogP contribution in [0.25, 0.3) is 0 Å². The van der Waals surface area contributed by atoms with Gasteiger partial charge in [0.25, 0.3) is 0 Å². The number of aliphatic hydroxyl groups is 1. The number of Topliss-reactive ketones (excluding diaryl/α,β-unsaturated/α-hetero) is 1. The van der Waals surface area contributed by atoms with E-state index in [0.29, 0.717) is 6.42 Å². The zero-order valence-corrected chi connectivity index (χ0v) is 6.55. The molecule has 10 heavy (non-hydrogen) atoms. The molecule has 0 radical (unpaired) electrons. The third-order valence-corrected chi connectivity index (χ3v) is 1.14. The van der Waals surface area contributed by atoms with Crippen LogP contribution in [0.4, 0.5) is 0 Å². The second kappa shape index (κ2) is 6.71. The zero-order chi connectivity index (χ0) is 7.28. The Morgan fingerprint density at radius 3 is 2.40 bits per heavy atom. The van der Waals surface area contributed by atoms with Gasteiger partial charge in [-0.25, -0.2) is 0 Å². The van der Waals surface area contributed by atoms with E-state index in [1.807, 2.05) is 6.92 Å². The van der Waals surface area contributed by atoms with Gasteiger partial charge in [0, 0.05) is 6.42 Å². The van der Waals surface area contributed by atoms with Crippen molar-refractivity contribution in [1.82, 2.24) is 0 Å². The minimum absolute atomic E-state index is 0. The summed E-state index contributed by atoms with van der Waals surface area (Å²) in [7, 11) is 0. The van der Waals surface area contributed by atoms with E-state index in [-0.39, 0.29) is 11.3 Å². The molecule has 0 rings (SSSR count). The molecular weight excluding hydrogens is 132 g/mol. The zero-order valence-electron chi connectivity index (χ0n) is 6.55. The van der Waals surface area contributed by atoms with E-state index in [9.17, 15) is 4.79 Å². The molecule has 0 aliphatic heterocycles. The summed E-state index contributed by atoms with van der Waals surface area (Å²) in [6.45, 7) is 3.49. The number of ketones is 1. The number of carbonyl (C=O) groups excluding carboxylic acids is 1. The Morgan fingerprint density at radius 1 is 1.60 bits per heavy atom. The number of hydrogen-bond donors (Lipinski definition) is 1. The van der Waals surface area contributed by atoms with Crippen molar-refractivity contribution in [2.75, 3.05) is 0 Å². The van der Waals surface area contributed by atoms with Gasteiger partial charge in [-0.05, 0) is 13.3 Å². The summed E-state index contributed by atoms with van der Waals surface area (Å²) in [5.74, 6) is 0.0657. The minimum atomic E-state index is -0.410. The highest BCUT2D eigenvalue weighted by Gasteiger charge is 2.04. The van der Waals surface area contributed by atoms with Crippen molar-refractivity contribution < 1.29 is 15.4 Å². The Morgan fingerprint density at radius 2 is 2.10 bits per heavy atom. The van der Waals surface area contributed by atoms with E-state index in [2.05, 4.69) is 0 Å². The molecule has 0 amide bonds. The molecule has 0 aliphatic carbocycles. The van der Waals surface area contributed by atoms with Gasteiger partial charge in [0.15, 0.2) is 0 Å². The monoisotopic (exact) mass is 148 g/mol. The van der Waals surface area contributed by atoms with Crippen molar-refractivity contribution >= 4 is 5.78 Å². The SMILES string of the molecule is CCCC(O)CC(C)=O.O. The molecule has 1 unspecified atom stereocenters. The van der Waals surface area contributed by atoms with Crippen LogP contribution in [-0.4, -0.2) is 22.5 Å². The van der Waals surface area contributed by atoms with Gasteiger partial charge < -0.3 is 10.6 Å². The lowest BCUT2D eigenvalue weighted by atomic mass is 10.1. The molecule has 0 aromatic carbocycles. The molecule has 0 aliphatic rings. The molecule has 3 heteroatoms. The smallest absolute Gasteiger partial charge is 0.132 e. The molecular formula is C7H16O3. The van der Waals surface area contributed by atoms with Crippen LogP contribution in [0.5, 0.6) is 0 Å². The number of aliphatic hydroxyl groups excluding tert-OH is 1. The van der Waals surface area contributed by atoms with Crippen LogP contribution in [0, 0.1) is 0 Å². The Kier molecular flexibility index (Phi) is 8.24. The summed E-state index contributed by atoms with van der Waals surface area (Å²) in [6.07, 6.45) is 1.58. The molecule has 0 fully saturated rings. The lowest BCUT2D eigenvalue weighted by Crippen LogP contribution is -2.10. The van der Waals surface area contributed by atoms with E-state index in [4.69, 9.17) is 5.11 Å². The van der Waals surface area contributed by atoms with Gasteiger partial charge in [-0.3, -0.25) is 4.79 Å². The van der Waals surface area contributed by atoms with Crippen molar-refractivity contribution in [2.45, 2.75) is 39.2 Å². The van der Waals surface area contributed by atoms with Gasteiger partial charge in [0.1, 0.15) is 5.78 Å². The third-order valence-electron chi connectivity index (χ3n) is 1.14. The second-order valence-electron chi connectivity index (χ2n) is 2.35. The van der Waals surface area contributed by atoms with Crippen molar-refractivity contribution in [2.24, 2.45) is 0 Å². The lowest BCUT2D eigenvalue weighted by molar-refractivity contribution is -0.118. The Labute approximate surface area is 61.4 Å². The highest BCUT2D eigenvalue weighted by Crippen LogP contribution is 2.00. The molecule has 62 valence electrons. The number of carbonyl (C=O) groups is 1. The fourth-order valence-corrected chi connectivity index (χ4v) is 0.767. The first-order valence-corrected chi connectivity index (χ1v) is 3.34. The first-order chi connectivity index (χ1) is 4.16. The fraction of sp³-hybridized carbons (Fsp3) is 0.857. The van der Waals surface area contributed by atoms with Gasteiger partial charge in [-0.2, -0.15) is 0 Å². The van der Waals surface area contributed by atoms with Crippen molar-refractivity contribution in [3.8, 4) is 0 Å². The number of rotatable bonds is 4. The van der Waals surface area contributed by atoms with E-state index < -0.39 is 6.10 Å². The van der Waals surface area contributed by atoms with Gasteiger partial charge in [-0.15, -0.1) is 0 Å². The molecule has 0 spiro atoms. The quantitative estimate of drug-likeness (QED) is 0.623. The number of hydrogen-bond acceptors (Lipinski definition) is 2. The van der Waals surface area contributed by atoms with Crippen LogP contribution in [0.2, 0.25) is 0 Å². The molecule has 0 aromatic rings. The minimum Gasteiger partial charge on any atom is -0.412 e. The van der Waals surface area contributed by atoms with Gasteiger partial charge in [0.05, 0.1) is 6.10 Å². The highest BCUT2D eigenvalue weighted by molar-refractivity contribution is 5.75. The van der Waals surface area contributed by atoms with E-state index in [1.165, 1.54) is 6.92 Å². The predicted molar refractivity (Wildman–Crippen MR) is 39.8 cm³/mol. The van der Waals surface area contributed by atoms with Gasteiger partial charge in [0.2, 0.25) is 0 Å². The Bertz CT molecular complexity index is 90.9. The summed E-state index contributed by atoms with van der Waals surface area (Å²) < 4.78 is 0. The molecule has 0 saturated heterocycles. The summed E-state index contributed by atoms with van der Waals surface area (Å²) >= 11 is 0. The maximum Gasteiger partial charge on any atom is 0.132 e. The van der Waals surface area contributed by atoms with Crippen LogP contribution in [0.3, 0.4) is 0 Å². The summed E-state index contributed by atoms with van der Waals surface area (Å²) in [6, 6.07) is 0. The molecule has 1 atom stereocenters. The molecule has 3 nitrogen and oxygen atoms in total. The second-order valence-corrected chi connectivity index (χ2v) is 2.35. The molecule has 0 bridgehead atoms. The normalized spacial score (nSPS) is 11.9. The Balaban J connectivity index is 0. The molecule has 3 N–H and O–H groups in total. The predicted octanol–water partition coefficient (Wildman–Crippen LogP) is 0.302. The molecule has 0 heterocycles. The van der Waals surface area contributed by atoms with Crippen LogP contribution < -0.4 is 0 Å². The highest BCUT2D eigenvalue weighted by atomic mass is 16.3.